The van der Waals surface area contributed by atoms with E-state index in [0.29, 0.717) is 30.9 Å². The molecule has 0 bridgehead atoms. The van der Waals surface area contributed by atoms with Crippen molar-refractivity contribution in [2.45, 2.75) is 12.5 Å². The average Bonchev–Trinajstić information content (AvgIpc) is 2.88. The van der Waals surface area contributed by atoms with Crippen LogP contribution in [-0.2, 0) is 6.42 Å². The third-order valence-electron chi connectivity index (χ3n) is 2.52. The molecule has 0 saturated heterocycles. The molecule has 0 radical (unpaired) electrons. The number of hydrogen-bond donors (Lipinski definition) is 2. The molecule has 18 heavy (non-hydrogen) atoms. The summed E-state index contributed by atoms with van der Waals surface area (Å²) in [6.07, 6.45) is 1.26. The standard InChI is InChI=1S/C12H14FN3O2/c13-10-3-1-9(2-4-10)11(17)7-14-6-5-12-15-8-18-16-12/h1-4,8,11,14,17H,5-7H2. The van der Waals surface area contributed by atoms with Gasteiger partial charge in [-0.1, -0.05) is 17.3 Å². The predicted octanol–water partition coefficient (Wildman–Crippen LogP) is 1.07. The molecule has 2 aromatic rings. The molecule has 0 aliphatic carbocycles. The van der Waals surface area contributed by atoms with Crippen molar-refractivity contribution in [3.05, 3.63) is 47.9 Å². The summed E-state index contributed by atoms with van der Waals surface area (Å²) in [6, 6.07) is 5.80. The minimum atomic E-state index is -0.657. The van der Waals surface area contributed by atoms with Crippen molar-refractivity contribution < 1.29 is 14.0 Å². The van der Waals surface area contributed by atoms with Crippen LogP contribution in [0, 0.1) is 5.82 Å². The van der Waals surface area contributed by atoms with Crippen LogP contribution in [0.25, 0.3) is 0 Å². The minimum Gasteiger partial charge on any atom is -0.387 e. The number of rotatable bonds is 6. The van der Waals surface area contributed by atoms with Crippen molar-refractivity contribution >= 4 is 0 Å². The first kappa shape index (κ1) is 12.7. The Bertz CT molecular complexity index is 459. The Morgan fingerprint density at radius 3 is 2.78 bits per heavy atom. The van der Waals surface area contributed by atoms with E-state index in [9.17, 15) is 9.50 Å². The molecule has 2 N–H and O–H groups in total. The van der Waals surface area contributed by atoms with E-state index in [1.54, 1.807) is 12.1 Å². The number of nitrogens with zero attached hydrogens (tertiary/aromatic N) is 2. The van der Waals surface area contributed by atoms with Gasteiger partial charge in [-0.2, -0.15) is 4.98 Å². The van der Waals surface area contributed by atoms with Gasteiger partial charge in [0, 0.05) is 19.5 Å². The van der Waals surface area contributed by atoms with Crippen LogP contribution in [0.3, 0.4) is 0 Å². The molecule has 0 amide bonds. The monoisotopic (exact) mass is 251 g/mol. The molecule has 1 unspecified atom stereocenters. The maximum atomic E-state index is 12.7. The first-order chi connectivity index (χ1) is 8.75. The van der Waals surface area contributed by atoms with Crippen LogP contribution in [0.5, 0.6) is 0 Å². The zero-order chi connectivity index (χ0) is 12.8. The number of aliphatic hydroxyl groups is 1. The highest BCUT2D eigenvalue weighted by Gasteiger charge is 2.07. The van der Waals surface area contributed by atoms with Gasteiger partial charge in [0.05, 0.1) is 6.10 Å². The number of aromatic nitrogens is 2. The number of nitrogens with one attached hydrogen (secondary N) is 1. The van der Waals surface area contributed by atoms with Gasteiger partial charge in [0.15, 0.2) is 5.82 Å². The number of halogens is 1. The van der Waals surface area contributed by atoms with E-state index in [-0.39, 0.29) is 5.82 Å². The first-order valence-corrected chi connectivity index (χ1v) is 5.65. The van der Waals surface area contributed by atoms with E-state index in [1.165, 1.54) is 18.5 Å². The van der Waals surface area contributed by atoms with Gasteiger partial charge in [0.25, 0.3) is 0 Å². The van der Waals surface area contributed by atoms with E-state index in [2.05, 4.69) is 20.0 Å². The fourth-order valence-corrected chi connectivity index (χ4v) is 1.54. The first-order valence-electron chi connectivity index (χ1n) is 5.65. The van der Waals surface area contributed by atoms with Crippen molar-refractivity contribution in [2.24, 2.45) is 0 Å². The summed E-state index contributed by atoms with van der Waals surface area (Å²) in [5.41, 5.74) is 0.684. The lowest BCUT2D eigenvalue weighted by atomic mass is 10.1. The van der Waals surface area contributed by atoms with Gasteiger partial charge in [-0.15, -0.1) is 0 Å². The fraction of sp³-hybridized carbons (Fsp3) is 0.333. The van der Waals surface area contributed by atoms with Crippen molar-refractivity contribution in [2.75, 3.05) is 13.1 Å². The van der Waals surface area contributed by atoms with Crippen LogP contribution in [-0.4, -0.2) is 28.3 Å². The fourth-order valence-electron chi connectivity index (χ4n) is 1.54. The van der Waals surface area contributed by atoms with Crippen LogP contribution >= 0.6 is 0 Å². The van der Waals surface area contributed by atoms with E-state index in [1.807, 2.05) is 0 Å². The Morgan fingerprint density at radius 2 is 2.11 bits per heavy atom. The Hall–Kier alpha value is -1.79. The summed E-state index contributed by atoms with van der Waals surface area (Å²) in [5.74, 6) is 0.315. The third kappa shape index (κ3) is 3.61. The summed E-state index contributed by atoms with van der Waals surface area (Å²) in [4.78, 5) is 3.88. The second kappa shape index (κ2) is 6.23. The van der Waals surface area contributed by atoms with Gasteiger partial charge in [0.1, 0.15) is 5.82 Å². The minimum absolute atomic E-state index is 0.309. The maximum absolute atomic E-state index is 12.7. The van der Waals surface area contributed by atoms with Gasteiger partial charge < -0.3 is 14.9 Å². The highest BCUT2D eigenvalue weighted by atomic mass is 19.1. The summed E-state index contributed by atoms with van der Waals surface area (Å²) < 4.78 is 17.3. The summed E-state index contributed by atoms with van der Waals surface area (Å²) in [7, 11) is 0. The van der Waals surface area contributed by atoms with Gasteiger partial charge in [-0.3, -0.25) is 0 Å². The lowest BCUT2D eigenvalue weighted by Gasteiger charge is -2.11. The smallest absolute Gasteiger partial charge is 0.213 e. The van der Waals surface area contributed by atoms with E-state index < -0.39 is 6.10 Å². The van der Waals surface area contributed by atoms with E-state index >= 15 is 0 Å². The quantitative estimate of drug-likeness (QED) is 0.751. The molecule has 0 aliphatic rings. The summed E-state index contributed by atoms with van der Waals surface area (Å²) >= 11 is 0. The molecule has 2 rings (SSSR count). The normalized spacial score (nSPS) is 12.6. The molecule has 0 aliphatic heterocycles. The Labute approximate surface area is 104 Å². The molecular formula is C12H14FN3O2. The van der Waals surface area contributed by atoms with Gasteiger partial charge >= 0.3 is 0 Å². The Kier molecular flexibility index (Phi) is 4.38. The lowest BCUT2D eigenvalue weighted by Crippen LogP contribution is -2.24. The molecule has 0 fully saturated rings. The molecule has 1 aromatic heterocycles. The van der Waals surface area contributed by atoms with Gasteiger partial charge in [-0.25, -0.2) is 4.39 Å². The van der Waals surface area contributed by atoms with Crippen LogP contribution in [0.4, 0.5) is 4.39 Å². The molecule has 0 saturated carbocycles. The Balaban J connectivity index is 1.71. The molecule has 1 atom stereocenters. The van der Waals surface area contributed by atoms with E-state index in [4.69, 9.17) is 0 Å². The second-order valence-corrected chi connectivity index (χ2v) is 3.87. The van der Waals surface area contributed by atoms with Crippen LogP contribution in [0.2, 0.25) is 0 Å². The van der Waals surface area contributed by atoms with Crippen LogP contribution < -0.4 is 5.32 Å². The SMILES string of the molecule is OC(CNCCc1ncon1)c1ccc(F)cc1. The average molecular weight is 251 g/mol. The van der Waals surface area contributed by atoms with Crippen molar-refractivity contribution in [3.63, 3.8) is 0 Å². The second-order valence-electron chi connectivity index (χ2n) is 3.87. The van der Waals surface area contributed by atoms with Gasteiger partial charge in [-0.05, 0) is 17.7 Å². The summed E-state index contributed by atoms with van der Waals surface area (Å²) in [6.45, 7) is 1.03. The third-order valence-corrected chi connectivity index (χ3v) is 2.52. The largest absolute Gasteiger partial charge is 0.387 e. The molecule has 6 heteroatoms. The molecule has 1 aromatic carbocycles. The maximum Gasteiger partial charge on any atom is 0.213 e. The van der Waals surface area contributed by atoms with Crippen molar-refractivity contribution in [3.8, 4) is 0 Å². The summed E-state index contributed by atoms with van der Waals surface area (Å²) in [5, 5.41) is 16.6. The van der Waals surface area contributed by atoms with Crippen LogP contribution in [0.15, 0.2) is 35.2 Å². The predicted molar refractivity (Wildman–Crippen MR) is 62.2 cm³/mol. The Morgan fingerprint density at radius 1 is 1.33 bits per heavy atom. The highest BCUT2D eigenvalue weighted by Crippen LogP contribution is 2.12. The van der Waals surface area contributed by atoms with E-state index in [0.717, 1.165) is 0 Å². The lowest BCUT2D eigenvalue weighted by molar-refractivity contribution is 0.175. The topological polar surface area (TPSA) is 71.2 Å². The zero-order valence-electron chi connectivity index (χ0n) is 9.71. The molecule has 0 spiro atoms. The van der Waals surface area contributed by atoms with Crippen LogP contribution in [0.1, 0.15) is 17.5 Å². The zero-order valence-corrected chi connectivity index (χ0v) is 9.71. The van der Waals surface area contributed by atoms with Gasteiger partial charge in [0.2, 0.25) is 6.39 Å². The molecule has 5 nitrogen and oxygen atoms in total. The highest BCUT2D eigenvalue weighted by molar-refractivity contribution is 5.18. The molecule has 96 valence electrons. The number of benzene rings is 1. The molecule has 1 heterocycles. The molecular weight excluding hydrogens is 237 g/mol. The number of hydrogen-bond acceptors (Lipinski definition) is 5. The number of aliphatic hydroxyl groups excluding tert-OH is 1. The van der Waals surface area contributed by atoms with Crippen molar-refractivity contribution in [1.29, 1.82) is 0 Å². The van der Waals surface area contributed by atoms with Crippen molar-refractivity contribution in [1.82, 2.24) is 15.5 Å².